The Morgan fingerprint density at radius 2 is 2.09 bits per heavy atom. The monoisotopic (exact) mass is 337 g/mol. The summed E-state index contributed by atoms with van der Waals surface area (Å²) in [6.07, 6.45) is 2.17. The van der Waals surface area contributed by atoms with Crippen LogP contribution in [0.4, 0.5) is 9.52 Å². The van der Waals surface area contributed by atoms with Crippen LogP contribution in [0.15, 0.2) is 24.3 Å². The fourth-order valence-electron chi connectivity index (χ4n) is 2.63. The van der Waals surface area contributed by atoms with E-state index in [0.717, 1.165) is 23.0 Å². The zero-order valence-corrected chi connectivity index (χ0v) is 13.9. The SMILES string of the molecule is COC1(CNc2nnc(Cc3ccccc3F)s2)CCOCC1. The fourth-order valence-corrected chi connectivity index (χ4v) is 3.39. The Labute approximate surface area is 138 Å². The Morgan fingerprint density at radius 3 is 2.83 bits per heavy atom. The predicted octanol–water partition coefficient (Wildman–Crippen LogP) is 2.88. The van der Waals surface area contributed by atoms with Crippen LogP contribution in [-0.4, -0.2) is 42.7 Å². The number of hydrogen-bond acceptors (Lipinski definition) is 6. The molecule has 1 N–H and O–H groups in total. The third-order valence-corrected chi connectivity index (χ3v) is 5.05. The van der Waals surface area contributed by atoms with Gasteiger partial charge in [-0.15, -0.1) is 10.2 Å². The maximum Gasteiger partial charge on any atom is 0.205 e. The topological polar surface area (TPSA) is 56.3 Å². The molecule has 5 nitrogen and oxygen atoms in total. The van der Waals surface area contributed by atoms with Gasteiger partial charge in [0.2, 0.25) is 5.13 Å². The van der Waals surface area contributed by atoms with Crippen molar-refractivity contribution in [2.24, 2.45) is 0 Å². The van der Waals surface area contributed by atoms with Gasteiger partial charge in [0.05, 0.1) is 5.60 Å². The first-order chi connectivity index (χ1) is 11.2. The second kappa shape index (κ2) is 7.33. The molecular weight excluding hydrogens is 317 g/mol. The van der Waals surface area contributed by atoms with Crippen molar-refractivity contribution in [3.8, 4) is 0 Å². The highest BCUT2D eigenvalue weighted by atomic mass is 32.1. The first kappa shape index (κ1) is 16.3. The van der Waals surface area contributed by atoms with E-state index in [2.05, 4.69) is 15.5 Å². The number of nitrogens with one attached hydrogen (secondary N) is 1. The first-order valence-corrected chi connectivity index (χ1v) is 8.45. The van der Waals surface area contributed by atoms with E-state index in [9.17, 15) is 4.39 Å². The highest BCUT2D eigenvalue weighted by Crippen LogP contribution is 2.26. The molecule has 124 valence electrons. The highest BCUT2D eigenvalue weighted by Gasteiger charge is 2.32. The van der Waals surface area contributed by atoms with Gasteiger partial charge in [0, 0.05) is 46.1 Å². The van der Waals surface area contributed by atoms with Crippen molar-refractivity contribution in [1.29, 1.82) is 0 Å². The Morgan fingerprint density at radius 1 is 1.30 bits per heavy atom. The molecule has 0 bridgehead atoms. The molecule has 0 amide bonds. The minimum atomic E-state index is -0.213. The number of hydrogen-bond donors (Lipinski definition) is 1. The summed E-state index contributed by atoms with van der Waals surface area (Å²) in [7, 11) is 1.73. The Hall–Kier alpha value is -1.57. The van der Waals surface area contributed by atoms with Gasteiger partial charge in [-0.2, -0.15) is 0 Å². The Balaban J connectivity index is 1.60. The molecule has 0 radical (unpaired) electrons. The zero-order chi connectivity index (χ0) is 16.1. The minimum Gasteiger partial charge on any atom is -0.381 e. The largest absolute Gasteiger partial charge is 0.381 e. The summed E-state index contributed by atoms with van der Waals surface area (Å²) in [5, 5.41) is 13.1. The molecule has 1 aromatic heterocycles. The van der Waals surface area contributed by atoms with Crippen molar-refractivity contribution in [1.82, 2.24) is 10.2 Å². The smallest absolute Gasteiger partial charge is 0.205 e. The third kappa shape index (κ3) is 4.04. The second-order valence-electron chi connectivity index (χ2n) is 5.62. The van der Waals surface area contributed by atoms with Crippen LogP contribution in [-0.2, 0) is 15.9 Å². The second-order valence-corrected chi connectivity index (χ2v) is 6.68. The maximum atomic E-state index is 13.7. The molecule has 1 saturated heterocycles. The lowest BCUT2D eigenvalue weighted by Crippen LogP contribution is -2.44. The van der Waals surface area contributed by atoms with Crippen LogP contribution in [0.25, 0.3) is 0 Å². The molecule has 2 heterocycles. The summed E-state index contributed by atoms with van der Waals surface area (Å²) in [4.78, 5) is 0. The van der Waals surface area contributed by atoms with Crippen molar-refractivity contribution in [2.75, 3.05) is 32.2 Å². The van der Waals surface area contributed by atoms with E-state index in [1.54, 1.807) is 19.2 Å². The van der Waals surface area contributed by atoms with Crippen LogP contribution in [0.3, 0.4) is 0 Å². The molecule has 3 rings (SSSR count). The average molecular weight is 337 g/mol. The highest BCUT2D eigenvalue weighted by molar-refractivity contribution is 7.15. The molecule has 1 fully saturated rings. The molecule has 0 unspecified atom stereocenters. The Bertz CT molecular complexity index is 644. The van der Waals surface area contributed by atoms with Gasteiger partial charge in [0.25, 0.3) is 0 Å². The minimum absolute atomic E-state index is 0.210. The van der Waals surface area contributed by atoms with Crippen molar-refractivity contribution in [3.63, 3.8) is 0 Å². The van der Waals surface area contributed by atoms with Crippen LogP contribution in [0, 0.1) is 5.82 Å². The zero-order valence-electron chi connectivity index (χ0n) is 13.0. The van der Waals surface area contributed by atoms with Crippen molar-refractivity contribution < 1.29 is 13.9 Å². The van der Waals surface area contributed by atoms with Gasteiger partial charge in [-0.25, -0.2) is 4.39 Å². The number of aromatic nitrogens is 2. The molecule has 7 heteroatoms. The lowest BCUT2D eigenvalue weighted by molar-refractivity contribution is -0.0807. The summed E-state index contributed by atoms with van der Waals surface area (Å²) in [6, 6.07) is 6.74. The van der Waals surface area contributed by atoms with Crippen molar-refractivity contribution in [3.05, 3.63) is 40.7 Å². The van der Waals surface area contributed by atoms with Crippen LogP contribution in [0.2, 0.25) is 0 Å². The molecule has 0 saturated carbocycles. The van der Waals surface area contributed by atoms with E-state index < -0.39 is 0 Å². The van der Waals surface area contributed by atoms with E-state index in [4.69, 9.17) is 9.47 Å². The predicted molar refractivity (Wildman–Crippen MR) is 87.4 cm³/mol. The maximum absolute atomic E-state index is 13.7. The number of anilines is 1. The average Bonchev–Trinajstić information content (AvgIpc) is 3.04. The van der Waals surface area contributed by atoms with Crippen LogP contribution in [0.1, 0.15) is 23.4 Å². The van der Waals surface area contributed by atoms with Crippen LogP contribution in [0.5, 0.6) is 0 Å². The lowest BCUT2D eigenvalue weighted by Gasteiger charge is -2.35. The molecule has 23 heavy (non-hydrogen) atoms. The van der Waals surface area contributed by atoms with Gasteiger partial charge < -0.3 is 14.8 Å². The summed E-state index contributed by atoms with van der Waals surface area (Å²) in [6.45, 7) is 2.09. The van der Waals surface area contributed by atoms with Gasteiger partial charge >= 0.3 is 0 Å². The first-order valence-electron chi connectivity index (χ1n) is 7.63. The normalized spacial score (nSPS) is 17.1. The van der Waals surface area contributed by atoms with E-state index >= 15 is 0 Å². The number of methoxy groups -OCH3 is 1. The summed E-state index contributed by atoms with van der Waals surface area (Å²) < 4.78 is 24.8. The summed E-state index contributed by atoms with van der Waals surface area (Å²) in [5.41, 5.74) is 0.420. The Kier molecular flexibility index (Phi) is 5.20. The fraction of sp³-hybridized carbons (Fsp3) is 0.500. The van der Waals surface area contributed by atoms with Gasteiger partial charge in [-0.05, 0) is 11.6 Å². The van der Waals surface area contributed by atoms with E-state index in [0.29, 0.717) is 31.7 Å². The molecule has 0 aliphatic carbocycles. The summed E-state index contributed by atoms with van der Waals surface area (Å²) >= 11 is 1.45. The number of rotatable bonds is 6. The molecule has 1 aromatic carbocycles. The van der Waals surface area contributed by atoms with Gasteiger partial charge in [-0.1, -0.05) is 29.5 Å². The van der Waals surface area contributed by atoms with Crippen molar-refractivity contribution in [2.45, 2.75) is 24.9 Å². The van der Waals surface area contributed by atoms with Crippen LogP contribution >= 0.6 is 11.3 Å². The van der Waals surface area contributed by atoms with Crippen molar-refractivity contribution >= 4 is 16.5 Å². The number of nitrogens with zero attached hydrogens (tertiary/aromatic N) is 2. The van der Waals surface area contributed by atoms with Gasteiger partial charge in [0.1, 0.15) is 10.8 Å². The standard InChI is InChI=1S/C16H20FN3O2S/c1-21-16(6-8-22-9-7-16)11-18-15-20-19-14(23-15)10-12-4-2-3-5-13(12)17/h2-5H,6-11H2,1H3,(H,18,20). The molecule has 1 aliphatic rings. The summed E-state index contributed by atoms with van der Waals surface area (Å²) in [5.74, 6) is -0.210. The quantitative estimate of drug-likeness (QED) is 0.878. The molecule has 0 spiro atoms. The molecule has 0 atom stereocenters. The van der Waals surface area contributed by atoms with E-state index in [-0.39, 0.29) is 11.4 Å². The third-order valence-electron chi connectivity index (χ3n) is 4.17. The molecule has 1 aliphatic heterocycles. The number of ether oxygens (including phenoxy) is 2. The van der Waals surface area contributed by atoms with Gasteiger partial charge in [0.15, 0.2) is 0 Å². The van der Waals surface area contributed by atoms with E-state index in [1.165, 1.54) is 17.4 Å². The van der Waals surface area contributed by atoms with E-state index in [1.807, 2.05) is 6.07 Å². The molecule has 2 aromatic rings. The lowest BCUT2D eigenvalue weighted by atomic mass is 9.94. The van der Waals surface area contributed by atoms with Crippen LogP contribution < -0.4 is 5.32 Å². The van der Waals surface area contributed by atoms with Gasteiger partial charge in [-0.3, -0.25) is 0 Å². The number of halogens is 1. The number of benzene rings is 1. The molecular formula is C16H20FN3O2S.